The summed E-state index contributed by atoms with van der Waals surface area (Å²) in [6.07, 6.45) is 4.29. The third-order valence-corrected chi connectivity index (χ3v) is 9.17. The number of sulfonamides is 1. The molecule has 3 aliphatic rings. The van der Waals surface area contributed by atoms with Crippen LogP contribution in [0.4, 0.5) is 5.69 Å². The molecule has 1 amide bonds. The minimum Gasteiger partial charge on any atom is -0.379 e. The molecule has 0 saturated carbocycles. The lowest BCUT2D eigenvalue weighted by Crippen LogP contribution is -2.40. The van der Waals surface area contributed by atoms with E-state index in [1.165, 1.54) is 4.31 Å². The summed E-state index contributed by atoms with van der Waals surface area (Å²) in [4.78, 5) is 15.3. The van der Waals surface area contributed by atoms with Crippen LogP contribution >= 0.6 is 0 Å². The number of amides is 1. The van der Waals surface area contributed by atoms with E-state index in [0.717, 1.165) is 48.6 Å². The molecule has 188 valence electrons. The van der Waals surface area contributed by atoms with Gasteiger partial charge in [0.15, 0.2) is 0 Å². The van der Waals surface area contributed by atoms with E-state index in [1.54, 1.807) is 23.1 Å². The fraction of sp³-hybridized carbons (Fsp3) is 0.500. The number of morpholine rings is 1. The number of carbonyl (C=O) groups excluding carboxylic acids is 1. The third-order valence-electron chi connectivity index (χ3n) is 7.27. The van der Waals surface area contributed by atoms with Crippen LogP contribution in [0.2, 0.25) is 0 Å². The topological polar surface area (TPSA) is 81.1 Å². The quantitative estimate of drug-likeness (QED) is 0.570. The maximum Gasteiger partial charge on any atom is 0.258 e. The molecule has 0 radical (unpaired) electrons. The molecular weight excluding hydrogens is 466 g/mol. The lowest BCUT2D eigenvalue weighted by atomic mass is 10.0. The van der Waals surface area contributed by atoms with Gasteiger partial charge in [-0.1, -0.05) is 0 Å². The average molecular weight is 500 g/mol. The van der Waals surface area contributed by atoms with Crippen molar-refractivity contribution < 1.29 is 22.7 Å². The fourth-order valence-electron chi connectivity index (χ4n) is 5.29. The van der Waals surface area contributed by atoms with E-state index >= 15 is 0 Å². The highest BCUT2D eigenvalue weighted by Gasteiger charge is 2.34. The number of anilines is 1. The smallest absolute Gasteiger partial charge is 0.258 e. The predicted octanol–water partition coefficient (Wildman–Crippen LogP) is 3.21. The number of likely N-dealkylation sites (N-methyl/N-ethyl adjacent to an activating group) is 1. The van der Waals surface area contributed by atoms with Crippen LogP contribution in [0, 0.1) is 13.8 Å². The zero-order valence-corrected chi connectivity index (χ0v) is 21.4. The van der Waals surface area contributed by atoms with Crippen LogP contribution in [-0.2, 0) is 30.8 Å². The number of carbonyl (C=O) groups is 1. The Morgan fingerprint density at radius 3 is 2.57 bits per heavy atom. The molecular formula is C26H33N3O5S. The van der Waals surface area contributed by atoms with Gasteiger partial charge in [-0.15, -0.1) is 0 Å². The van der Waals surface area contributed by atoms with Crippen molar-refractivity contribution >= 4 is 33.3 Å². The Balaban J connectivity index is 1.54. The molecule has 0 aliphatic carbocycles. The number of nitrogens with zero attached hydrogens (tertiary/aromatic N) is 3. The molecule has 9 heteroatoms. The largest absolute Gasteiger partial charge is 0.379 e. The molecule has 1 atom stereocenters. The fourth-order valence-corrected chi connectivity index (χ4v) is 6.72. The molecule has 8 nitrogen and oxygen atoms in total. The molecule has 35 heavy (non-hydrogen) atoms. The SMILES string of the molecule is CCN1C(=O)C(=Cc2cc(C)n(CC3CCCO3)c2C)c2cc(S(=O)(=O)N3CCOCC3)ccc21. The molecule has 0 N–H and O–H groups in total. The summed E-state index contributed by atoms with van der Waals surface area (Å²) in [6, 6.07) is 7.11. The van der Waals surface area contributed by atoms with Gasteiger partial charge in [-0.2, -0.15) is 4.31 Å². The van der Waals surface area contributed by atoms with Gasteiger partial charge in [-0.05, 0) is 69.5 Å². The number of fused-ring (bicyclic) bond motifs is 1. The van der Waals surface area contributed by atoms with Gasteiger partial charge < -0.3 is 18.9 Å². The van der Waals surface area contributed by atoms with E-state index < -0.39 is 10.0 Å². The van der Waals surface area contributed by atoms with Crippen LogP contribution in [0.5, 0.6) is 0 Å². The highest BCUT2D eigenvalue weighted by molar-refractivity contribution is 7.89. The monoisotopic (exact) mass is 499 g/mol. The maximum atomic E-state index is 13.4. The molecule has 0 spiro atoms. The molecule has 2 fully saturated rings. The van der Waals surface area contributed by atoms with Crippen molar-refractivity contribution in [3.05, 3.63) is 46.8 Å². The summed E-state index contributed by atoms with van der Waals surface area (Å²) in [6.45, 7) is 9.62. The molecule has 2 aromatic rings. The number of ether oxygens (including phenoxy) is 2. The van der Waals surface area contributed by atoms with Gasteiger partial charge >= 0.3 is 0 Å². The molecule has 0 bridgehead atoms. The van der Waals surface area contributed by atoms with Gasteiger partial charge in [0.25, 0.3) is 5.91 Å². The summed E-state index contributed by atoms with van der Waals surface area (Å²) in [5, 5.41) is 0. The van der Waals surface area contributed by atoms with Crippen LogP contribution in [0.15, 0.2) is 29.2 Å². The minimum atomic E-state index is -3.67. The van der Waals surface area contributed by atoms with E-state index in [0.29, 0.717) is 44.0 Å². The van der Waals surface area contributed by atoms with Gasteiger partial charge in [0.2, 0.25) is 10.0 Å². The van der Waals surface area contributed by atoms with Crippen LogP contribution in [0.25, 0.3) is 11.6 Å². The Morgan fingerprint density at radius 2 is 1.89 bits per heavy atom. The molecule has 5 rings (SSSR count). The molecule has 1 aromatic heterocycles. The number of hydrogen-bond acceptors (Lipinski definition) is 5. The highest BCUT2D eigenvalue weighted by atomic mass is 32.2. The second-order valence-electron chi connectivity index (χ2n) is 9.37. The Bertz CT molecular complexity index is 1270. The van der Waals surface area contributed by atoms with E-state index in [-0.39, 0.29) is 16.9 Å². The summed E-state index contributed by atoms with van der Waals surface area (Å²) >= 11 is 0. The van der Waals surface area contributed by atoms with Crippen molar-refractivity contribution in [3.63, 3.8) is 0 Å². The summed E-state index contributed by atoms with van der Waals surface area (Å²) < 4.78 is 41.4. The van der Waals surface area contributed by atoms with Gasteiger partial charge in [0.05, 0.1) is 29.9 Å². The van der Waals surface area contributed by atoms with Crippen LogP contribution in [0.3, 0.4) is 0 Å². The first-order chi connectivity index (χ1) is 16.8. The van der Waals surface area contributed by atoms with Gasteiger partial charge in [0, 0.05) is 55.3 Å². The highest BCUT2D eigenvalue weighted by Crippen LogP contribution is 2.40. The first-order valence-electron chi connectivity index (χ1n) is 12.4. The van der Waals surface area contributed by atoms with E-state index in [2.05, 4.69) is 24.5 Å². The van der Waals surface area contributed by atoms with Crippen molar-refractivity contribution in [2.45, 2.75) is 51.2 Å². The summed E-state index contributed by atoms with van der Waals surface area (Å²) in [7, 11) is -3.67. The Hall–Kier alpha value is -2.46. The van der Waals surface area contributed by atoms with Crippen molar-refractivity contribution in [1.82, 2.24) is 8.87 Å². The van der Waals surface area contributed by atoms with Gasteiger partial charge in [-0.3, -0.25) is 4.79 Å². The number of hydrogen-bond donors (Lipinski definition) is 0. The third kappa shape index (κ3) is 4.35. The van der Waals surface area contributed by atoms with E-state index in [9.17, 15) is 13.2 Å². The normalized spacial score (nSPS) is 22.4. The Kier molecular flexibility index (Phi) is 6.61. The van der Waals surface area contributed by atoms with Crippen LogP contribution < -0.4 is 4.90 Å². The van der Waals surface area contributed by atoms with Crippen LogP contribution in [-0.4, -0.2) is 68.8 Å². The summed E-state index contributed by atoms with van der Waals surface area (Å²) in [5.41, 5.74) is 5.10. The number of benzene rings is 1. The van der Waals surface area contributed by atoms with Crippen molar-refractivity contribution in [2.24, 2.45) is 0 Å². The minimum absolute atomic E-state index is 0.104. The predicted molar refractivity (Wildman–Crippen MR) is 135 cm³/mol. The molecule has 1 unspecified atom stereocenters. The van der Waals surface area contributed by atoms with Crippen molar-refractivity contribution in [1.29, 1.82) is 0 Å². The summed E-state index contributed by atoms with van der Waals surface area (Å²) in [5.74, 6) is -0.104. The lowest BCUT2D eigenvalue weighted by molar-refractivity contribution is -0.112. The van der Waals surface area contributed by atoms with Gasteiger partial charge in [-0.25, -0.2) is 8.42 Å². The average Bonchev–Trinajstić information content (AvgIpc) is 3.54. The Morgan fingerprint density at radius 1 is 1.11 bits per heavy atom. The van der Waals surface area contributed by atoms with E-state index in [4.69, 9.17) is 9.47 Å². The van der Waals surface area contributed by atoms with E-state index in [1.807, 2.05) is 13.0 Å². The Labute approximate surface area is 207 Å². The van der Waals surface area contributed by atoms with Gasteiger partial charge in [0.1, 0.15) is 0 Å². The lowest BCUT2D eigenvalue weighted by Gasteiger charge is -2.26. The van der Waals surface area contributed by atoms with Crippen molar-refractivity contribution in [2.75, 3.05) is 44.4 Å². The van der Waals surface area contributed by atoms with Crippen LogP contribution in [0.1, 0.15) is 42.3 Å². The molecule has 3 aliphatic heterocycles. The standard InChI is InChI=1S/C26H33N3O5S/c1-4-28-25-8-7-22(35(31,32)27-9-12-33-13-10-27)16-23(25)24(26(28)30)15-20-14-18(2)29(19(20)3)17-21-6-5-11-34-21/h7-8,14-16,21H,4-6,9-13,17H2,1-3H3. The molecule has 2 saturated heterocycles. The number of rotatable bonds is 6. The first kappa shape index (κ1) is 24.2. The first-order valence-corrected chi connectivity index (χ1v) is 13.8. The number of aromatic nitrogens is 1. The number of aryl methyl sites for hydroxylation is 1. The van der Waals surface area contributed by atoms with Crippen molar-refractivity contribution in [3.8, 4) is 0 Å². The maximum absolute atomic E-state index is 13.4. The molecule has 4 heterocycles. The second kappa shape index (κ2) is 9.54. The zero-order valence-electron chi connectivity index (χ0n) is 20.6. The molecule has 1 aromatic carbocycles. The second-order valence-corrected chi connectivity index (χ2v) is 11.3. The zero-order chi connectivity index (χ0) is 24.7.